The molecule has 1 saturated heterocycles. The molecule has 3 rings (SSSR count). The van der Waals surface area contributed by atoms with Crippen LogP contribution in [0.2, 0.25) is 5.02 Å². The number of hydrogen-bond acceptors (Lipinski definition) is 5. The van der Waals surface area contributed by atoms with Crippen LogP contribution in [0.15, 0.2) is 23.4 Å². The molecule has 1 aromatic carbocycles. The molecule has 0 N–H and O–H groups in total. The number of amides is 1. The summed E-state index contributed by atoms with van der Waals surface area (Å²) >= 11 is 7.47. The molecule has 0 saturated carbocycles. The van der Waals surface area contributed by atoms with E-state index in [1.165, 1.54) is 18.2 Å². The maximum atomic E-state index is 12.7. The Morgan fingerprint density at radius 3 is 2.68 bits per heavy atom. The molecule has 6 nitrogen and oxygen atoms in total. The molecule has 0 aliphatic carbocycles. The predicted molar refractivity (Wildman–Crippen MR) is 112 cm³/mol. The molecule has 1 aliphatic rings. The van der Waals surface area contributed by atoms with Gasteiger partial charge in [0, 0.05) is 24.2 Å². The summed E-state index contributed by atoms with van der Waals surface area (Å²) in [6.45, 7) is 6.51. The summed E-state index contributed by atoms with van der Waals surface area (Å²) in [6, 6.07) is 6.17. The Morgan fingerprint density at radius 1 is 1.29 bits per heavy atom. The molecular formula is C20H27ClN4O2S. The van der Waals surface area contributed by atoms with Crippen LogP contribution in [0.4, 0.5) is 0 Å². The van der Waals surface area contributed by atoms with Crippen molar-refractivity contribution in [1.29, 1.82) is 0 Å². The van der Waals surface area contributed by atoms with Crippen LogP contribution in [-0.4, -0.2) is 43.4 Å². The van der Waals surface area contributed by atoms with Crippen molar-refractivity contribution in [3.8, 4) is 5.75 Å². The van der Waals surface area contributed by atoms with E-state index in [-0.39, 0.29) is 5.91 Å². The highest BCUT2D eigenvalue weighted by Gasteiger charge is 2.29. The topological polar surface area (TPSA) is 60.3 Å². The number of carbonyl (C=O) groups excluding carboxylic acids is 1. The van der Waals surface area contributed by atoms with Crippen LogP contribution in [0.1, 0.15) is 44.5 Å². The van der Waals surface area contributed by atoms with Gasteiger partial charge in [-0.05, 0) is 63.8 Å². The third-order valence-electron chi connectivity index (χ3n) is 5.23. The van der Waals surface area contributed by atoms with Gasteiger partial charge in [-0.2, -0.15) is 0 Å². The second-order valence-corrected chi connectivity index (χ2v) is 8.73. The van der Waals surface area contributed by atoms with Crippen molar-refractivity contribution < 1.29 is 9.53 Å². The summed E-state index contributed by atoms with van der Waals surface area (Å²) in [5.74, 6) is 1.99. The molecule has 1 aliphatic heterocycles. The number of halogens is 1. The molecule has 0 unspecified atom stereocenters. The Kier molecular flexibility index (Phi) is 6.88. The Balaban J connectivity index is 1.57. The predicted octanol–water partition coefficient (Wildman–Crippen LogP) is 4.24. The van der Waals surface area contributed by atoms with E-state index in [4.69, 9.17) is 16.3 Å². The Morgan fingerprint density at radius 2 is 2.00 bits per heavy atom. The lowest BCUT2D eigenvalue weighted by atomic mass is 9.98. The summed E-state index contributed by atoms with van der Waals surface area (Å²) < 4.78 is 7.68. The van der Waals surface area contributed by atoms with E-state index >= 15 is 0 Å². The van der Waals surface area contributed by atoms with Crippen molar-refractivity contribution in [2.24, 2.45) is 7.05 Å². The van der Waals surface area contributed by atoms with Crippen molar-refractivity contribution in [2.45, 2.75) is 63.9 Å². The molecule has 8 heteroatoms. The Labute approximate surface area is 175 Å². The monoisotopic (exact) mass is 422 g/mol. The SMILES string of the molecule is Cc1cc(OCc2nnc(SCC(=O)N3[C@H](C)CCC[C@@H]3C)n2C)ccc1Cl. The van der Waals surface area contributed by atoms with E-state index in [0.717, 1.165) is 29.3 Å². The van der Waals surface area contributed by atoms with Gasteiger partial charge in [-0.3, -0.25) is 4.79 Å². The van der Waals surface area contributed by atoms with Crippen molar-refractivity contribution in [3.63, 3.8) is 0 Å². The number of ether oxygens (including phenoxy) is 1. The van der Waals surface area contributed by atoms with Gasteiger partial charge in [-0.15, -0.1) is 10.2 Å². The number of benzene rings is 1. The number of carbonyl (C=O) groups is 1. The second-order valence-electron chi connectivity index (χ2n) is 7.38. The van der Waals surface area contributed by atoms with E-state index in [1.54, 1.807) is 0 Å². The van der Waals surface area contributed by atoms with Gasteiger partial charge in [-0.1, -0.05) is 23.4 Å². The maximum Gasteiger partial charge on any atom is 0.233 e. The standard InChI is InChI=1S/C20H27ClN4O2S/c1-13-10-16(8-9-17(13)21)27-11-18-22-23-20(24(18)4)28-12-19(26)25-14(2)6-5-7-15(25)3/h8-10,14-15H,5-7,11-12H2,1-4H3/t14-,15+. The van der Waals surface area contributed by atoms with Gasteiger partial charge >= 0.3 is 0 Å². The largest absolute Gasteiger partial charge is 0.486 e. The minimum absolute atomic E-state index is 0.169. The number of aryl methyl sites for hydroxylation is 1. The fraction of sp³-hybridized carbons (Fsp3) is 0.550. The highest BCUT2D eigenvalue weighted by molar-refractivity contribution is 7.99. The van der Waals surface area contributed by atoms with E-state index in [2.05, 4.69) is 24.0 Å². The van der Waals surface area contributed by atoms with Crippen LogP contribution in [0.25, 0.3) is 0 Å². The normalized spacial score (nSPS) is 19.7. The lowest BCUT2D eigenvalue weighted by molar-refractivity contribution is -0.134. The van der Waals surface area contributed by atoms with E-state index in [0.29, 0.717) is 35.3 Å². The number of rotatable bonds is 6. The average molecular weight is 423 g/mol. The average Bonchev–Trinajstić information content (AvgIpc) is 3.00. The summed E-state index contributed by atoms with van der Waals surface area (Å²) in [7, 11) is 1.89. The fourth-order valence-corrected chi connectivity index (χ4v) is 4.48. The number of thioether (sulfide) groups is 1. The minimum atomic E-state index is 0.169. The maximum absolute atomic E-state index is 12.7. The van der Waals surface area contributed by atoms with Crippen molar-refractivity contribution >= 4 is 29.3 Å². The molecule has 1 aromatic heterocycles. The molecule has 152 valence electrons. The molecular weight excluding hydrogens is 396 g/mol. The number of nitrogens with zero attached hydrogens (tertiary/aromatic N) is 4. The number of aromatic nitrogens is 3. The zero-order valence-corrected chi connectivity index (χ0v) is 18.4. The number of likely N-dealkylation sites (tertiary alicyclic amines) is 1. The molecule has 2 heterocycles. The quantitative estimate of drug-likeness (QED) is 0.651. The van der Waals surface area contributed by atoms with Crippen LogP contribution in [0, 0.1) is 6.92 Å². The third-order valence-corrected chi connectivity index (χ3v) is 6.66. The zero-order valence-electron chi connectivity index (χ0n) is 16.8. The minimum Gasteiger partial charge on any atom is -0.486 e. The van der Waals surface area contributed by atoms with E-state index in [1.807, 2.05) is 41.6 Å². The van der Waals surface area contributed by atoms with Crippen LogP contribution >= 0.6 is 23.4 Å². The first-order chi connectivity index (χ1) is 13.4. The second kappa shape index (κ2) is 9.18. The summed E-state index contributed by atoms with van der Waals surface area (Å²) in [5, 5.41) is 9.86. The summed E-state index contributed by atoms with van der Waals surface area (Å²) in [5.41, 5.74) is 0.966. The molecule has 1 fully saturated rings. The first-order valence-corrected chi connectivity index (χ1v) is 10.9. The molecule has 0 bridgehead atoms. The smallest absolute Gasteiger partial charge is 0.233 e. The number of piperidine rings is 1. The molecule has 28 heavy (non-hydrogen) atoms. The van der Waals surface area contributed by atoms with Crippen LogP contribution in [-0.2, 0) is 18.4 Å². The molecule has 2 atom stereocenters. The van der Waals surface area contributed by atoms with Crippen LogP contribution in [0.5, 0.6) is 5.75 Å². The van der Waals surface area contributed by atoms with Gasteiger partial charge in [0.25, 0.3) is 0 Å². The first-order valence-electron chi connectivity index (χ1n) is 9.58. The highest BCUT2D eigenvalue weighted by atomic mass is 35.5. The van der Waals surface area contributed by atoms with Crippen LogP contribution in [0.3, 0.4) is 0 Å². The molecule has 0 radical (unpaired) electrons. The van der Waals surface area contributed by atoms with Gasteiger partial charge in [0.05, 0.1) is 5.75 Å². The van der Waals surface area contributed by atoms with Crippen molar-refractivity contribution in [1.82, 2.24) is 19.7 Å². The molecule has 2 aromatic rings. The molecule has 1 amide bonds. The van der Waals surface area contributed by atoms with Gasteiger partial charge in [-0.25, -0.2) is 0 Å². The van der Waals surface area contributed by atoms with E-state index in [9.17, 15) is 4.79 Å². The Bertz CT molecular complexity index is 832. The first kappa shape index (κ1) is 21.0. The van der Waals surface area contributed by atoms with Gasteiger partial charge in [0.2, 0.25) is 5.91 Å². The molecule has 0 spiro atoms. The van der Waals surface area contributed by atoms with E-state index < -0.39 is 0 Å². The highest BCUT2D eigenvalue weighted by Crippen LogP contribution is 2.25. The van der Waals surface area contributed by atoms with Crippen LogP contribution < -0.4 is 4.74 Å². The fourth-order valence-electron chi connectivity index (χ4n) is 3.57. The zero-order chi connectivity index (χ0) is 20.3. The Hall–Kier alpha value is -1.73. The lowest BCUT2D eigenvalue weighted by Crippen LogP contribution is -2.48. The summed E-state index contributed by atoms with van der Waals surface area (Å²) in [6.07, 6.45) is 3.35. The summed E-state index contributed by atoms with van der Waals surface area (Å²) in [4.78, 5) is 14.7. The van der Waals surface area contributed by atoms with Gasteiger partial charge < -0.3 is 14.2 Å². The third kappa shape index (κ3) is 4.81. The lowest BCUT2D eigenvalue weighted by Gasteiger charge is -2.39. The van der Waals surface area contributed by atoms with Gasteiger partial charge in [0.15, 0.2) is 11.0 Å². The van der Waals surface area contributed by atoms with Crippen molar-refractivity contribution in [3.05, 3.63) is 34.6 Å². The van der Waals surface area contributed by atoms with Crippen molar-refractivity contribution in [2.75, 3.05) is 5.75 Å². The van der Waals surface area contributed by atoms with Gasteiger partial charge in [0.1, 0.15) is 12.4 Å². The number of hydrogen-bond donors (Lipinski definition) is 0.